The molecule has 0 radical (unpaired) electrons. The number of rotatable bonds is 8. The molecule has 0 N–H and O–H groups in total. The van der Waals surface area contributed by atoms with Crippen LogP contribution >= 0.6 is 11.8 Å². The molecule has 0 bridgehead atoms. The Bertz CT molecular complexity index is 967. The molecule has 0 unspecified atom stereocenters. The van der Waals surface area contributed by atoms with E-state index in [1.807, 2.05) is 44.2 Å². The topological polar surface area (TPSA) is 76.3 Å². The summed E-state index contributed by atoms with van der Waals surface area (Å²) in [5, 5.41) is 0.716. The van der Waals surface area contributed by atoms with Gasteiger partial charge in [0.15, 0.2) is 5.76 Å². The van der Waals surface area contributed by atoms with Gasteiger partial charge in [-0.1, -0.05) is 55.9 Å². The van der Waals surface area contributed by atoms with E-state index in [0.29, 0.717) is 29.8 Å². The minimum absolute atomic E-state index is 0.207. The van der Waals surface area contributed by atoms with Gasteiger partial charge in [0.25, 0.3) is 0 Å². The highest BCUT2D eigenvalue weighted by Crippen LogP contribution is 2.25. The van der Waals surface area contributed by atoms with Gasteiger partial charge in [-0.25, -0.2) is 18.4 Å². The molecule has 0 saturated heterocycles. The Balaban J connectivity index is 1.65. The van der Waals surface area contributed by atoms with Crippen molar-refractivity contribution in [3.8, 4) is 11.3 Å². The molecule has 142 valence electrons. The van der Waals surface area contributed by atoms with Crippen LogP contribution in [0.1, 0.15) is 19.7 Å². The number of benzene rings is 1. The summed E-state index contributed by atoms with van der Waals surface area (Å²) in [6, 6.07) is 13.1. The van der Waals surface area contributed by atoms with Crippen molar-refractivity contribution in [3.63, 3.8) is 0 Å². The number of thioether (sulfide) groups is 1. The normalized spacial score (nSPS) is 11.8. The van der Waals surface area contributed by atoms with E-state index in [4.69, 9.17) is 4.42 Å². The van der Waals surface area contributed by atoms with Crippen LogP contribution in [0.5, 0.6) is 0 Å². The standard InChI is InChI=1S/C19H21N3O3S2/c1-3-22(4-2)27(23,24)16-10-11-19(21-12-16)26-14-18-20-13-17(25-18)15-8-6-5-7-9-15/h5-13H,3-4,14H2,1-2H3. The first-order chi connectivity index (χ1) is 13.0. The second kappa shape index (κ2) is 8.69. The zero-order chi connectivity index (χ0) is 19.3. The number of aromatic nitrogens is 2. The zero-order valence-electron chi connectivity index (χ0n) is 15.2. The Morgan fingerprint density at radius 3 is 2.37 bits per heavy atom. The smallest absolute Gasteiger partial charge is 0.244 e. The predicted molar refractivity (Wildman–Crippen MR) is 106 cm³/mol. The summed E-state index contributed by atoms with van der Waals surface area (Å²) < 4.78 is 32.1. The molecular weight excluding hydrogens is 382 g/mol. The van der Waals surface area contributed by atoms with Gasteiger partial charge in [-0.2, -0.15) is 4.31 Å². The molecule has 0 fully saturated rings. The molecular formula is C19H21N3O3S2. The largest absolute Gasteiger partial charge is 0.440 e. The summed E-state index contributed by atoms with van der Waals surface area (Å²) in [5.74, 6) is 1.84. The minimum atomic E-state index is -3.48. The second-order valence-electron chi connectivity index (χ2n) is 5.69. The molecule has 6 nitrogen and oxygen atoms in total. The van der Waals surface area contributed by atoms with Crippen LogP contribution in [0.3, 0.4) is 0 Å². The van der Waals surface area contributed by atoms with Crippen molar-refractivity contribution in [2.24, 2.45) is 0 Å². The maximum Gasteiger partial charge on any atom is 0.244 e. The highest BCUT2D eigenvalue weighted by atomic mass is 32.2. The van der Waals surface area contributed by atoms with Crippen molar-refractivity contribution in [1.29, 1.82) is 0 Å². The van der Waals surface area contributed by atoms with Crippen LogP contribution in [0.2, 0.25) is 0 Å². The first-order valence-corrected chi connectivity index (χ1v) is 11.1. The van der Waals surface area contributed by atoms with E-state index >= 15 is 0 Å². The maximum absolute atomic E-state index is 12.5. The quantitative estimate of drug-likeness (QED) is 0.528. The molecule has 2 aromatic heterocycles. The molecule has 0 aliphatic carbocycles. The van der Waals surface area contributed by atoms with E-state index in [9.17, 15) is 8.42 Å². The number of pyridine rings is 1. The van der Waals surface area contributed by atoms with Crippen molar-refractivity contribution in [3.05, 3.63) is 60.7 Å². The van der Waals surface area contributed by atoms with E-state index in [0.717, 1.165) is 11.3 Å². The van der Waals surface area contributed by atoms with E-state index in [-0.39, 0.29) is 4.90 Å². The molecule has 0 aliphatic heterocycles. The number of nitrogens with zero attached hydrogens (tertiary/aromatic N) is 3. The molecule has 0 amide bonds. The third kappa shape index (κ3) is 4.58. The van der Waals surface area contributed by atoms with Crippen molar-refractivity contribution in [1.82, 2.24) is 14.3 Å². The van der Waals surface area contributed by atoms with Crippen molar-refractivity contribution in [2.45, 2.75) is 29.5 Å². The molecule has 27 heavy (non-hydrogen) atoms. The predicted octanol–water partition coefficient (Wildman–Crippen LogP) is 4.06. The average Bonchev–Trinajstić information content (AvgIpc) is 3.17. The van der Waals surface area contributed by atoms with Gasteiger partial charge in [0.05, 0.1) is 17.0 Å². The van der Waals surface area contributed by atoms with Gasteiger partial charge < -0.3 is 4.42 Å². The molecule has 1 aromatic carbocycles. The molecule has 2 heterocycles. The van der Waals surface area contributed by atoms with Crippen LogP contribution < -0.4 is 0 Å². The van der Waals surface area contributed by atoms with Crippen LogP contribution in [0, 0.1) is 0 Å². The van der Waals surface area contributed by atoms with Crippen molar-refractivity contribution >= 4 is 21.8 Å². The Kier molecular flexibility index (Phi) is 6.30. The van der Waals surface area contributed by atoms with Gasteiger partial charge in [-0.3, -0.25) is 0 Å². The van der Waals surface area contributed by atoms with Gasteiger partial charge in [-0.15, -0.1) is 0 Å². The van der Waals surface area contributed by atoms with Gasteiger partial charge in [0, 0.05) is 24.8 Å². The Hall–Kier alpha value is -2.16. The number of hydrogen-bond donors (Lipinski definition) is 0. The monoisotopic (exact) mass is 403 g/mol. The van der Waals surface area contributed by atoms with Crippen LogP contribution in [0.15, 0.2) is 69.2 Å². The van der Waals surface area contributed by atoms with Crippen LogP contribution in [-0.2, 0) is 15.8 Å². The van der Waals surface area contributed by atoms with Crippen molar-refractivity contribution < 1.29 is 12.8 Å². The average molecular weight is 404 g/mol. The summed E-state index contributed by atoms with van der Waals surface area (Å²) in [6.45, 7) is 4.50. The van der Waals surface area contributed by atoms with Gasteiger partial charge in [0.1, 0.15) is 4.90 Å². The highest BCUT2D eigenvalue weighted by Gasteiger charge is 2.21. The van der Waals surface area contributed by atoms with Gasteiger partial charge >= 0.3 is 0 Å². The van der Waals surface area contributed by atoms with Crippen LogP contribution in [0.4, 0.5) is 0 Å². The summed E-state index contributed by atoms with van der Waals surface area (Å²) in [4.78, 5) is 8.76. The SMILES string of the molecule is CCN(CC)S(=O)(=O)c1ccc(SCc2ncc(-c3ccccc3)o2)nc1. The third-order valence-electron chi connectivity index (χ3n) is 4.01. The zero-order valence-corrected chi connectivity index (χ0v) is 16.8. The van der Waals surface area contributed by atoms with E-state index in [1.54, 1.807) is 18.3 Å². The van der Waals surface area contributed by atoms with Crippen molar-refractivity contribution in [2.75, 3.05) is 13.1 Å². The molecule has 3 aromatic rings. The van der Waals surface area contributed by atoms with Crippen LogP contribution in [0.25, 0.3) is 11.3 Å². The number of hydrogen-bond acceptors (Lipinski definition) is 6. The Morgan fingerprint density at radius 2 is 1.74 bits per heavy atom. The highest BCUT2D eigenvalue weighted by molar-refractivity contribution is 7.98. The molecule has 0 spiro atoms. The van der Waals surface area contributed by atoms with E-state index in [2.05, 4.69) is 9.97 Å². The lowest BCUT2D eigenvalue weighted by atomic mass is 10.2. The summed E-state index contributed by atoms with van der Waals surface area (Å²) in [5.41, 5.74) is 0.977. The summed E-state index contributed by atoms with van der Waals surface area (Å²) >= 11 is 1.45. The fourth-order valence-corrected chi connectivity index (χ4v) is 4.67. The summed E-state index contributed by atoms with van der Waals surface area (Å²) in [6.07, 6.45) is 3.11. The third-order valence-corrected chi connectivity index (χ3v) is 6.97. The maximum atomic E-state index is 12.5. The number of oxazole rings is 1. The fraction of sp³-hybridized carbons (Fsp3) is 0.263. The first-order valence-electron chi connectivity index (χ1n) is 8.63. The molecule has 8 heteroatoms. The lowest BCUT2D eigenvalue weighted by Gasteiger charge is -2.18. The lowest BCUT2D eigenvalue weighted by molar-refractivity contribution is 0.445. The molecule has 3 rings (SSSR count). The van der Waals surface area contributed by atoms with E-state index < -0.39 is 10.0 Å². The second-order valence-corrected chi connectivity index (χ2v) is 8.63. The Morgan fingerprint density at radius 1 is 1.00 bits per heavy atom. The molecule has 0 saturated carbocycles. The summed E-state index contributed by atoms with van der Waals surface area (Å²) in [7, 11) is -3.48. The molecule has 0 aliphatic rings. The minimum Gasteiger partial charge on any atom is -0.440 e. The Labute approximate surface area is 163 Å². The van der Waals surface area contributed by atoms with Gasteiger partial charge in [0.2, 0.25) is 15.9 Å². The van der Waals surface area contributed by atoms with Gasteiger partial charge in [-0.05, 0) is 12.1 Å². The number of sulfonamides is 1. The fourth-order valence-electron chi connectivity index (χ4n) is 2.57. The van der Waals surface area contributed by atoms with Crippen LogP contribution in [-0.4, -0.2) is 35.8 Å². The molecule has 0 atom stereocenters. The van der Waals surface area contributed by atoms with E-state index in [1.165, 1.54) is 22.3 Å². The lowest BCUT2D eigenvalue weighted by Crippen LogP contribution is -2.30. The first kappa shape index (κ1) is 19.6.